The van der Waals surface area contributed by atoms with E-state index < -0.39 is 0 Å². The number of aromatic nitrogens is 4. The third-order valence-corrected chi connectivity index (χ3v) is 5.49. The number of nitrogens with two attached hydrogens (primary N) is 2. The van der Waals surface area contributed by atoms with Gasteiger partial charge in [-0.05, 0) is 49.9 Å². The van der Waals surface area contributed by atoms with Gasteiger partial charge in [0.2, 0.25) is 0 Å². The van der Waals surface area contributed by atoms with Gasteiger partial charge in [0.05, 0.1) is 17.6 Å². The van der Waals surface area contributed by atoms with E-state index >= 15 is 0 Å². The quantitative estimate of drug-likeness (QED) is 0.446. The lowest BCUT2D eigenvalue weighted by atomic mass is 9.85. The fourth-order valence-corrected chi connectivity index (χ4v) is 3.97. The van der Waals surface area contributed by atoms with E-state index in [0.29, 0.717) is 29.1 Å². The molecule has 1 aliphatic carbocycles. The number of hydrogen-bond donors (Lipinski definition) is 4. The molecule has 138 valence electrons. The zero-order valence-corrected chi connectivity index (χ0v) is 15.0. The molecule has 0 atom stereocenters. The van der Waals surface area contributed by atoms with Crippen LogP contribution in [-0.4, -0.2) is 25.6 Å². The predicted molar refractivity (Wildman–Crippen MR) is 108 cm³/mol. The van der Waals surface area contributed by atoms with Crippen LogP contribution in [0.1, 0.15) is 37.3 Å². The molecule has 0 aliphatic heterocycles. The van der Waals surface area contributed by atoms with Crippen molar-refractivity contribution in [2.24, 2.45) is 5.73 Å². The fourth-order valence-electron chi connectivity index (χ4n) is 3.97. The van der Waals surface area contributed by atoms with E-state index in [9.17, 15) is 0 Å². The highest BCUT2D eigenvalue weighted by atomic mass is 15.3. The average Bonchev–Trinajstić information content (AvgIpc) is 3.29. The molecule has 7 nitrogen and oxygen atoms in total. The van der Waals surface area contributed by atoms with Gasteiger partial charge in [-0.25, -0.2) is 9.50 Å². The van der Waals surface area contributed by atoms with Gasteiger partial charge in [-0.15, -0.1) is 5.10 Å². The van der Waals surface area contributed by atoms with E-state index in [1.54, 1.807) is 4.52 Å². The molecule has 0 bridgehead atoms. The minimum atomic E-state index is 0.328. The van der Waals surface area contributed by atoms with Gasteiger partial charge >= 0.3 is 0 Å². The minimum Gasteiger partial charge on any atom is -0.396 e. The maximum Gasteiger partial charge on any atom is 0.177 e. The summed E-state index contributed by atoms with van der Waals surface area (Å²) < 4.78 is 1.79. The van der Waals surface area contributed by atoms with Crippen LogP contribution in [0.3, 0.4) is 0 Å². The Hall–Kier alpha value is -3.06. The van der Waals surface area contributed by atoms with Crippen molar-refractivity contribution in [1.82, 2.24) is 19.6 Å². The molecule has 4 aromatic rings. The molecule has 1 saturated carbocycles. The van der Waals surface area contributed by atoms with E-state index in [4.69, 9.17) is 16.5 Å². The van der Waals surface area contributed by atoms with Gasteiger partial charge in [0.25, 0.3) is 0 Å². The number of benzene rings is 1. The van der Waals surface area contributed by atoms with Crippen LogP contribution in [0.15, 0.2) is 42.7 Å². The molecule has 0 spiro atoms. The van der Waals surface area contributed by atoms with Crippen molar-refractivity contribution >= 4 is 33.7 Å². The maximum atomic E-state index is 6.26. The fraction of sp³-hybridized carbons (Fsp3) is 0.300. The zero-order chi connectivity index (χ0) is 18.4. The van der Waals surface area contributed by atoms with Crippen LogP contribution in [-0.2, 0) is 0 Å². The van der Waals surface area contributed by atoms with Gasteiger partial charge in [-0.1, -0.05) is 0 Å². The number of nitrogens with one attached hydrogen (secondary N) is 2. The normalized spacial score (nSPS) is 20.3. The van der Waals surface area contributed by atoms with Crippen molar-refractivity contribution in [2.75, 3.05) is 11.1 Å². The van der Waals surface area contributed by atoms with Crippen LogP contribution in [0, 0.1) is 0 Å². The van der Waals surface area contributed by atoms with Crippen LogP contribution in [0.2, 0.25) is 0 Å². The van der Waals surface area contributed by atoms with Crippen molar-refractivity contribution in [2.45, 2.75) is 37.6 Å². The van der Waals surface area contributed by atoms with Gasteiger partial charge in [0.1, 0.15) is 0 Å². The van der Waals surface area contributed by atoms with Crippen molar-refractivity contribution < 1.29 is 0 Å². The van der Waals surface area contributed by atoms with Gasteiger partial charge < -0.3 is 21.8 Å². The highest BCUT2D eigenvalue weighted by Crippen LogP contribution is 2.32. The maximum absolute atomic E-state index is 6.26. The number of H-pyrrole nitrogens is 1. The second-order valence-electron chi connectivity index (χ2n) is 7.44. The molecular weight excluding hydrogens is 338 g/mol. The number of aromatic amines is 1. The number of nitrogen functional groups attached to an aromatic ring is 1. The molecule has 3 heterocycles. The number of fused-ring (bicyclic) bond motifs is 2. The van der Waals surface area contributed by atoms with Gasteiger partial charge in [0, 0.05) is 40.8 Å². The van der Waals surface area contributed by atoms with Crippen molar-refractivity contribution in [3.8, 4) is 0 Å². The van der Waals surface area contributed by atoms with Crippen molar-refractivity contribution in [1.29, 1.82) is 0 Å². The van der Waals surface area contributed by atoms with E-state index in [1.165, 1.54) is 0 Å². The Morgan fingerprint density at radius 1 is 1.11 bits per heavy atom. The molecule has 0 unspecified atom stereocenters. The molecular formula is C20H23N7. The van der Waals surface area contributed by atoms with Crippen LogP contribution in [0.25, 0.3) is 16.6 Å². The summed E-state index contributed by atoms with van der Waals surface area (Å²) >= 11 is 0. The molecule has 7 heteroatoms. The third kappa shape index (κ3) is 3.00. The summed E-state index contributed by atoms with van der Waals surface area (Å²) in [6, 6.07) is 10.4. The molecule has 1 aliphatic rings. The van der Waals surface area contributed by atoms with E-state index in [1.807, 2.05) is 36.7 Å². The van der Waals surface area contributed by atoms with Crippen LogP contribution >= 0.6 is 0 Å². The van der Waals surface area contributed by atoms with Crippen molar-refractivity contribution in [3.63, 3.8) is 0 Å². The van der Waals surface area contributed by atoms with Crippen LogP contribution in [0.5, 0.6) is 0 Å². The molecule has 5 rings (SSSR count). The third-order valence-electron chi connectivity index (χ3n) is 5.49. The lowest BCUT2D eigenvalue weighted by Gasteiger charge is -2.24. The minimum absolute atomic E-state index is 0.328. The SMILES string of the molecule is Nc1cc(Nc2ccc3[nH]ccc3c2)nn2cc([C@H]3CC[C@H](N)CC3)nc12. The average molecular weight is 361 g/mol. The van der Waals surface area contributed by atoms with E-state index in [-0.39, 0.29) is 0 Å². The van der Waals surface area contributed by atoms with Gasteiger partial charge in [0.15, 0.2) is 11.5 Å². The first-order chi connectivity index (χ1) is 13.2. The second-order valence-corrected chi connectivity index (χ2v) is 7.44. The molecule has 0 saturated heterocycles. The number of imidazole rings is 1. The van der Waals surface area contributed by atoms with Gasteiger partial charge in [-0.3, -0.25) is 0 Å². The van der Waals surface area contributed by atoms with E-state index in [2.05, 4.69) is 21.5 Å². The summed E-state index contributed by atoms with van der Waals surface area (Å²) in [6.45, 7) is 0. The lowest BCUT2D eigenvalue weighted by molar-refractivity contribution is 0.391. The number of rotatable bonds is 3. The highest BCUT2D eigenvalue weighted by Gasteiger charge is 2.23. The summed E-state index contributed by atoms with van der Waals surface area (Å²) in [4.78, 5) is 7.94. The van der Waals surface area contributed by atoms with E-state index in [0.717, 1.165) is 48.0 Å². The molecule has 1 fully saturated rings. The first-order valence-corrected chi connectivity index (χ1v) is 9.41. The Morgan fingerprint density at radius 2 is 1.96 bits per heavy atom. The largest absolute Gasteiger partial charge is 0.396 e. The summed E-state index contributed by atoms with van der Waals surface area (Å²) in [5, 5.41) is 9.15. The Balaban J connectivity index is 1.45. The van der Waals surface area contributed by atoms with Crippen molar-refractivity contribution in [3.05, 3.63) is 48.4 Å². The standard InChI is InChI=1S/C20H23N7/c21-14-3-1-12(2-4-14)18-11-27-20(25-18)16(22)10-19(26-27)24-15-5-6-17-13(9-15)7-8-23-17/h5-12,14,23H,1-4,21-22H2,(H,24,26)/t12-,14-. The Bertz CT molecular complexity index is 1100. The molecule has 0 amide bonds. The molecule has 27 heavy (non-hydrogen) atoms. The predicted octanol–water partition coefficient (Wildman–Crippen LogP) is 3.52. The topological polar surface area (TPSA) is 110 Å². The van der Waals surface area contributed by atoms with Crippen LogP contribution in [0.4, 0.5) is 17.2 Å². The molecule has 6 N–H and O–H groups in total. The summed E-state index contributed by atoms with van der Waals surface area (Å²) in [7, 11) is 0. The summed E-state index contributed by atoms with van der Waals surface area (Å²) in [6.07, 6.45) is 8.20. The monoisotopic (exact) mass is 361 g/mol. The zero-order valence-electron chi connectivity index (χ0n) is 15.0. The molecule has 1 aromatic carbocycles. The van der Waals surface area contributed by atoms with Crippen LogP contribution < -0.4 is 16.8 Å². The Morgan fingerprint density at radius 3 is 2.81 bits per heavy atom. The molecule has 0 radical (unpaired) electrons. The Kier molecular flexibility index (Phi) is 3.75. The first-order valence-electron chi connectivity index (χ1n) is 9.41. The summed E-state index contributed by atoms with van der Waals surface area (Å²) in [5.74, 6) is 1.14. The van der Waals surface area contributed by atoms with Gasteiger partial charge in [-0.2, -0.15) is 0 Å². The molecule has 3 aromatic heterocycles. The number of nitrogens with zero attached hydrogens (tertiary/aromatic N) is 3. The number of anilines is 3. The lowest BCUT2D eigenvalue weighted by Crippen LogP contribution is -2.25. The number of hydrogen-bond acceptors (Lipinski definition) is 5. The second kappa shape index (κ2) is 6.28. The Labute approximate surface area is 156 Å². The smallest absolute Gasteiger partial charge is 0.177 e. The summed E-state index contributed by atoms with van der Waals surface area (Å²) in [5.41, 5.74) is 16.8. The highest BCUT2D eigenvalue weighted by molar-refractivity contribution is 5.84. The first kappa shape index (κ1) is 16.1.